The molecule has 3 aliphatic rings. The average molecular weight is 595 g/mol. The summed E-state index contributed by atoms with van der Waals surface area (Å²) in [5.74, 6) is 4.26. The fourth-order valence-corrected chi connectivity index (χ4v) is 8.04. The van der Waals surface area contributed by atoms with Crippen LogP contribution in [0, 0.1) is 0 Å². The first-order chi connectivity index (χ1) is 21.3. The van der Waals surface area contributed by atoms with Crippen LogP contribution in [0.5, 0.6) is 11.5 Å². The lowest BCUT2D eigenvalue weighted by Crippen LogP contribution is -2.28. The van der Waals surface area contributed by atoms with E-state index in [1.165, 1.54) is 66.4 Å². The monoisotopic (exact) mass is 594 g/mol. The molecule has 2 atom stereocenters. The van der Waals surface area contributed by atoms with Crippen molar-refractivity contribution in [1.29, 1.82) is 0 Å². The minimum Gasteiger partial charge on any atom is -0.492 e. The van der Waals surface area contributed by atoms with Crippen molar-refractivity contribution in [3.63, 3.8) is 0 Å². The van der Waals surface area contributed by atoms with Crippen LogP contribution in [0.4, 0.5) is 0 Å². The van der Waals surface area contributed by atoms with Crippen LogP contribution in [0.15, 0.2) is 121 Å². The van der Waals surface area contributed by atoms with Crippen molar-refractivity contribution in [1.82, 2.24) is 0 Å². The summed E-state index contributed by atoms with van der Waals surface area (Å²) in [7, 11) is 0. The quantitative estimate of drug-likeness (QED) is 0.171. The lowest BCUT2D eigenvalue weighted by Gasteiger charge is -2.34. The van der Waals surface area contributed by atoms with Crippen LogP contribution in [-0.4, -0.2) is 28.8 Å². The molecule has 210 valence electrons. The van der Waals surface area contributed by atoms with Crippen LogP contribution in [0.2, 0.25) is 0 Å². The zero-order valence-electron chi connectivity index (χ0n) is 23.7. The molecule has 6 aromatic rings. The summed E-state index contributed by atoms with van der Waals surface area (Å²) < 4.78 is 12.4. The maximum absolute atomic E-state index is 6.27. The molecule has 2 heterocycles. The highest BCUT2D eigenvalue weighted by atomic mass is 32.2. The second kappa shape index (κ2) is 10.1. The third kappa shape index (κ3) is 4.11. The molecule has 2 unspecified atom stereocenters. The van der Waals surface area contributed by atoms with Gasteiger partial charge in [-0.1, -0.05) is 97.1 Å². The molecule has 4 heteroatoms. The maximum Gasteiger partial charge on any atom is 0.145 e. The number of hydrogen-bond acceptors (Lipinski definition) is 4. The third-order valence-electron chi connectivity index (χ3n) is 9.25. The molecule has 2 nitrogen and oxygen atoms in total. The summed E-state index contributed by atoms with van der Waals surface area (Å²) in [5.41, 5.74) is 7.58. The number of benzene rings is 6. The van der Waals surface area contributed by atoms with E-state index in [1.807, 2.05) is 23.5 Å². The summed E-state index contributed by atoms with van der Waals surface area (Å²) in [4.78, 5) is 0. The van der Waals surface area contributed by atoms with Crippen molar-refractivity contribution in [3.8, 4) is 22.6 Å². The topological polar surface area (TPSA) is 18.5 Å². The molecule has 0 bridgehead atoms. The molecule has 6 aromatic carbocycles. The molecule has 43 heavy (non-hydrogen) atoms. The van der Waals surface area contributed by atoms with E-state index in [4.69, 9.17) is 9.47 Å². The molecule has 0 amide bonds. The first-order valence-electron chi connectivity index (χ1n) is 15.1. The third-order valence-corrected chi connectivity index (χ3v) is 11.4. The lowest BCUT2D eigenvalue weighted by atomic mass is 9.67. The van der Waals surface area contributed by atoms with Crippen molar-refractivity contribution in [2.75, 3.05) is 18.1 Å². The summed E-state index contributed by atoms with van der Waals surface area (Å²) in [5, 5.41) is 5.76. The van der Waals surface area contributed by atoms with Gasteiger partial charge in [0.05, 0.1) is 5.41 Å². The number of thioether (sulfide) groups is 2. The Hall–Kier alpha value is -3.86. The highest BCUT2D eigenvalue weighted by Crippen LogP contribution is 2.59. The minimum atomic E-state index is -0.493. The van der Waals surface area contributed by atoms with Crippen molar-refractivity contribution < 1.29 is 9.47 Å². The maximum atomic E-state index is 6.27. The molecule has 0 saturated carbocycles. The van der Waals surface area contributed by atoms with Gasteiger partial charge in [-0.15, -0.1) is 11.8 Å². The Balaban J connectivity index is 1.32. The van der Waals surface area contributed by atoms with Crippen LogP contribution < -0.4 is 9.47 Å². The number of ether oxygens (including phenoxy) is 2. The highest BCUT2D eigenvalue weighted by Gasteiger charge is 2.47. The van der Waals surface area contributed by atoms with Crippen molar-refractivity contribution >= 4 is 45.1 Å². The Morgan fingerprint density at radius 3 is 1.65 bits per heavy atom. The van der Waals surface area contributed by atoms with Gasteiger partial charge in [-0.3, -0.25) is 0 Å². The fraction of sp³-hybridized carbons (Fsp3) is 0.179. The predicted octanol–water partition coefficient (Wildman–Crippen LogP) is 9.69. The number of rotatable bonds is 7. The summed E-state index contributed by atoms with van der Waals surface area (Å²) in [6.07, 6.45) is 1.12. The predicted molar refractivity (Wildman–Crippen MR) is 182 cm³/mol. The number of fused-ring (bicyclic) bond motifs is 7. The van der Waals surface area contributed by atoms with E-state index < -0.39 is 5.41 Å². The molecule has 0 aromatic heterocycles. The van der Waals surface area contributed by atoms with E-state index in [1.54, 1.807) is 0 Å². The Labute approximate surface area is 260 Å². The van der Waals surface area contributed by atoms with Gasteiger partial charge < -0.3 is 9.47 Å². The van der Waals surface area contributed by atoms with Gasteiger partial charge in [0.2, 0.25) is 0 Å². The zero-order valence-corrected chi connectivity index (χ0v) is 25.3. The standard InChI is InChI=1S/C39H30O2S2/c1-3-7-32-25(5-1)9-19-34-37(32)38-33-8-4-2-6-26(33)10-20-35(38)39(34,27-11-15-29(16-12-27)40-23-31-24-43-31)28-13-17-30(18-14-28)41-36-21-22-42-36/h1-20,31,36H,21-24H2. The van der Waals surface area contributed by atoms with Gasteiger partial charge in [0.15, 0.2) is 0 Å². The van der Waals surface area contributed by atoms with E-state index in [9.17, 15) is 0 Å². The van der Waals surface area contributed by atoms with E-state index in [-0.39, 0.29) is 5.44 Å². The smallest absolute Gasteiger partial charge is 0.145 e. The molecule has 0 radical (unpaired) electrons. The first-order valence-corrected chi connectivity index (χ1v) is 17.2. The molecule has 0 spiro atoms. The van der Waals surface area contributed by atoms with Crippen LogP contribution >= 0.6 is 23.5 Å². The Bertz CT molecular complexity index is 1900. The van der Waals surface area contributed by atoms with Crippen molar-refractivity contribution in [2.45, 2.75) is 22.5 Å². The minimum absolute atomic E-state index is 0.270. The fourth-order valence-electron chi connectivity index (χ4n) is 7.04. The molecule has 2 fully saturated rings. The van der Waals surface area contributed by atoms with Gasteiger partial charge in [0.25, 0.3) is 0 Å². The Kier molecular flexibility index (Phi) is 6.02. The van der Waals surface area contributed by atoms with Crippen LogP contribution in [0.25, 0.3) is 32.7 Å². The van der Waals surface area contributed by atoms with E-state index in [0.29, 0.717) is 5.25 Å². The summed E-state index contributed by atoms with van der Waals surface area (Å²) >= 11 is 3.85. The highest BCUT2D eigenvalue weighted by molar-refractivity contribution is 8.06. The first kappa shape index (κ1) is 25.6. The van der Waals surface area contributed by atoms with Gasteiger partial charge in [-0.25, -0.2) is 0 Å². The van der Waals surface area contributed by atoms with Crippen LogP contribution in [-0.2, 0) is 5.41 Å². The molecular weight excluding hydrogens is 565 g/mol. The Morgan fingerprint density at radius 1 is 0.605 bits per heavy atom. The number of hydrogen-bond donors (Lipinski definition) is 0. The van der Waals surface area contributed by atoms with Gasteiger partial charge >= 0.3 is 0 Å². The molecule has 2 aliphatic heterocycles. The molecule has 2 saturated heterocycles. The van der Waals surface area contributed by atoms with Gasteiger partial charge in [-0.2, -0.15) is 11.8 Å². The van der Waals surface area contributed by atoms with Crippen LogP contribution in [0.1, 0.15) is 28.7 Å². The Morgan fingerprint density at radius 2 is 1.14 bits per heavy atom. The van der Waals surface area contributed by atoms with E-state index in [0.717, 1.165) is 24.5 Å². The van der Waals surface area contributed by atoms with Crippen LogP contribution in [0.3, 0.4) is 0 Å². The second-order valence-corrected chi connectivity index (χ2v) is 14.3. The largest absolute Gasteiger partial charge is 0.492 e. The van der Waals surface area contributed by atoms with Gasteiger partial charge in [-0.05, 0) is 79.2 Å². The average Bonchev–Trinajstić information content (AvgIpc) is 3.82. The molecule has 9 rings (SSSR count). The van der Waals surface area contributed by atoms with Gasteiger partial charge in [0.1, 0.15) is 23.5 Å². The summed E-state index contributed by atoms with van der Waals surface area (Å²) in [6.45, 7) is 0.777. The van der Waals surface area contributed by atoms with E-state index in [2.05, 4.69) is 121 Å². The second-order valence-electron chi connectivity index (χ2n) is 11.7. The van der Waals surface area contributed by atoms with E-state index >= 15 is 0 Å². The van der Waals surface area contributed by atoms with Gasteiger partial charge in [0, 0.05) is 23.2 Å². The molecule has 0 N–H and O–H groups in total. The molecule has 1 aliphatic carbocycles. The molecular formula is C39H30O2S2. The van der Waals surface area contributed by atoms with Crippen molar-refractivity contribution in [2.24, 2.45) is 0 Å². The SMILES string of the molecule is c1ccc2c3c(ccc2c1)C(c1ccc(OCC2CS2)cc1)(c1ccc(OC2CCS2)cc1)c1ccc2ccccc2c1-3. The normalized spacial score (nSPS) is 19.4. The lowest BCUT2D eigenvalue weighted by molar-refractivity contribution is 0.271. The summed E-state index contributed by atoms with van der Waals surface area (Å²) in [6, 6.07) is 44.8. The van der Waals surface area contributed by atoms with Crippen molar-refractivity contribution in [3.05, 3.63) is 144 Å². The zero-order chi connectivity index (χ0) is 28.4.